The van der Waals surface area contributed by atoms with Crippen molar-refractivity contribution in [3.63, 3.8) is 0 Å². The SMILES string of the molecule is Cc1cc(OCC2CCCCN2C)nc(NN)n1. The van der Waals surface area contributed by atoms with Crippen LogP contribution in [0.5, 0.6) is 5.88 Å². The Kier molecular flexibility index (Phi) is 4.33. The van der Waals surface area contributed by atoms with E-state index in [1.807, 2.05) is 13.0 Å². The molecule has 0 bridgehead atoms. The van der Waals surface area contributed by atoms with Gasteiger partial charge in [0.25, 0.3) is 0 Å². The molecule has 3 N–H and O–H groups in total. The smallest absolute Gasteiger partial charge is 0.240 e. The van der Waals surface area contributed by atoms with E-state index in [9.17, 15) is 0 Å². The van der Waals surface area contributed by atoms with E-state index in [4.69, 9.17) is 10.6 Å². The molecule has 0 saturated carbocycles. The van der Waals surface area contributed by atoms with Gasteiger partial charge in [-0.25, -0.2) is 10.8 Å². The van der Waals surface area contributed by atoms with E-state index in [0.717, 1.165) is 12.2 Å². The standard InChI is InChI=1S/C12H21N5O/c1-9-7-11(15-12(14-9)16-13)18-8-10-5-3-4-6-17(10)2/h7,10H,3-6,8,13H2,1-2H3,(H,14,15,16). The molecule has 6 nitrogen and oxygen atoms in total. The Morgan fingerprint density at radius 1 is 1.50 bits per heavy atom. The second kappa shape index (κ2) is 5.97. The number of likely N-dealkylation sites (tertiary alicyclic amines) is 1. The molecular formula is C12H21N5O. The summed E-state index contributed by atoms with van der Waals surface area (Å²) >= 11 is 0. The van der Waals surface area contributed by atoms with Gasteiger partial charge in [-0.15, -0.1) is 0 Å². The molecule has 1 aliphatic rings. The first-order valence-electron chi connectivity index (χ1n) is 6.34. The summed E-state index contributed by atoms with van der Waals surface area (Å²) in [6, 6.07) is 2.30. The summed E-state index contributed by atoms with van der Waals surface area (Å²) < 4.78 is 5.75. The predicted octanol–water partition coefficient (Wildman–Crippen LogP) is 0.934. The number of likely N-dealkylation sites (N-methyl/N-ethyl adjacent to an activating group) is 1. The largest absolute Gasteiger partial charge is 0.476 e. The van der Waals surface area contributed by atoms with Crippen LogP contribution in [0.25, 0.3) is 0 Å². The fourth-order valence-electron chi connectivity index (χ4n) is 2.21. The summed E-state index contributed by atoms with van der Waals surface area (Å²) in [6.45, 7) is 3.70. The Balaban J connectivity index is 1.94. The highest BCUT2D eigenvalue weighted by Gasteiger charge is 2.19. The summed E-state index contributed by atoms with van der Waals surface area (Å²) in [6.07, 6.45) is 3.74. The van der Waals surface area contributed by atoms with E-state index in [1.54, 1.807) is 0 Å². The third-order valence-corrected chi connectivity index (χ3v) is 3.30. The lowest BCUT2D eigenvalue weighted by Gasteiger charge is -2.31. The van der Waals surface area contributed by atoms with Crippen molar-refractivity contribution in [3.05, 3.63) is 11.8 Å². The molecular weight excluding hydrogens is 230 g/mol. The van der Waals surface area contributed by atoms with Crippen molar-refractivity contribution in [3.8, 4) is 5.88 Å². The first kappa shape index (κ1) is 13.0. The normalized spacial score (nSPS) is 20.7. The molecule has 1 aromatic heterocycles. The van der Waals surface area contributed by atoms with Crippen LogP contribution in [0.4, 0.5) is 5.95 Å². The molecule has 1 atom stereocenters. The Labute approximate surface area is 108 Å². The van der Waals surface area contributed by atoms with Gasteiger partial charge in [-0.2, -0.15) is 4.98 Å². The topological polar surface area (TPSA) is 76.3 Å². The van der Waals surface area contributed by atoms with E-state index in [1.165, 1.54) is 19.3 Å². The lowest BCUT2D eigenvalue weighted by Crippen LogP contribution is -2.40. The third-order valence-electron chi connectivity index (χ3n) is 3.30. The van der Waals surface area contributed by atoms with Crippen molar-refractivity contribution in [1.82, 2.24) is 14.9 Å². The number of piperidine rings is 1. The van der Waals surface area contributed by atoms with Gasteiger partial charge in [-0.3, -0.25) is 5.43 Å². The minimum absolute atomic E-state index is 0.391. The number of aryl methyl sites for hydroxylation is 1. The number of nitrogen functional groups attached to an aromatic ring is 1. The van der Waals surface area contributed by atoms with Crippen LogP contribution < -0.4 is 16.0 Å². The van der Waals surface area contributed by atoms with E-state index < -0.39 is 0 Å². The van der Waals surface area contributed by atoms with Crippen molar-refractivity contribution in [2.24, 2.45) is 5.84 Å². The molecule has 0 amide bonds. The maximum Gasteiger partial charge on any atom is 0.240 e. The molecule has 0 radical (unpaired) electrons. The summed E-state index contributed by atoms with van der Waals surface area (Å²) in [7, 11) is 2.14. The summed E-state index contributed by atoms with van der Waals surface area (Å²) in [4.78, 5) is 10.6. The van der Waals surface area contributed by atoms with Gasteiger partial charge in [0.15, 0.2) is 0 Å². The van der Waals surface area contributed by atoms with Gasteiger partial charge in [0.05, 0.1) is 0 Å². The monoisotopic (exact) mass is 251 g/mol. The minimum Gasteiger partial charge on any atom is -0.476 e. The molecule has 18 heavy (non-hydrogen) atoms. The van der Waals surface area contributed by atoms with Crippen LogP contribution in [0.15, 0.2) is 6.07 Å². The Morgan fingerprint density at radius 2 is 2.33 bits per heavy atom. The molecule has 0 aromatic carbocycles. The van der Waals surface area contributed by atoms with Crippen molar-refractivity contribution >= 4 is 5.95 Å². The quantitative estimate of drug-likeness (QED) is 0.612. The molecule has 1 aliphatic heterocycles. The second-order valence-electron chi connectivity index (χ2n) is 4.76. The molecule has 1 saturated heterocycles. The van der Waals surface area contributed by atoms with Crippen molar-refractivity contribution in [1.29, 1.82) is 0 Å². The molecule has 0 aliphatic carbocycles. The van der Waals surface area contributed by atoms with E-state index in [0.29, 0.717) is 24.5 Å². The van der Waals surface area contributed by atoms with Gasteiger partial charge in [0.2, 0.25) is 11.8 Å². The molecule has 100 valence electrons. The van der Waals surface area contributed by atoms with Gasteiger partial charge in [-0.05, 0) is 33.4 Å². The average molecular weight is 251 g/mol. The molecule has 1 aromatic rings. The number of aromatic nitrogens is 2. The molecule has 6 heteroatoms. The lowest BCUT2D eigenvalue weighted by molar-refractivity contribution is 0.122. The number of hydrazine groups is 1. The number of hydrogen-bond acceptors (Lipinski definition) is 6. The maximum absolute atomic E-state index is 5.75. The average Bonchev–Trinajstić information content (AvgIpc) is 2.37. The highest BCUT2D eigenvalue weighted by atomic mass is 16.5. The fraction of sp³-hybridized carbons (Fsp3) is 0.667. The molecule has 2 heterocycles. The summed E-state index contributed by atoms with van der Waals surface area (Å²) in [5.74, 6) is 6.28. The van der Waals surface area contributed by atoms with E-state index in [2.05, 4.69) is 27.3 Å². The fourth-order valence-corrected chi connectivity index (χ4v) is 2.21. The molecule has 1 unspecified atom stereocenters. The van der Waals surface area contributed by atoms with Gasteiger partial charge in [0.1, 0.15) is 6.61 Å². The maximum atomic E-state index is 5.75. The van der Waals surface area contributed by atoms with Gasteiger partial charge in [0, 0.05) is 17.8 Å². The van der Waals surface area contributed by atoms with Gasteiger partial charge in [-0.1, -0.05) is 6.42 Å². The van der Waals surface area contributed by atoms with Crippen molar-refractivity contribution in [2.45, 2.75) is 32.2 Å². The Morgan fingerprint density at radius 3 is 3.06 bits per heavy atom. The third kappa shape index (κ3) is 3.30. The van der Waals surface area contributed by atoms with Crippen molar-refractivity contribution in [2.75, 3.05) is 25.6 Å². The Hall–Kier alpha value is -1.40. The van der Waals surface area contributed by atoms with Crippen LogP contribution in [0.2, 0.25) is 0 Å². The van der Waals surface area contributed by atoms with Crippen LogP contribution in [-0.2, 0) is 0 Å². The van der Waals surface area contributed by atoms with E-state index >= 15 is 0 Å². The first-order chi connectivity index (χ1) is 8.69. The van der Waals surface area contributed by atoms with Crippen LogP contribution >= 0.6 is 0 Å². The molecule has 2 rings (SSSR count). The zero-order valence-electron chi connectivity index (χ0n) is 11.0. The zero-order chi connectivity index (χ0) is 13.0. The van der Waals surface area contributed by atoms with Gasteiger partial charge >= 0.3 is 0 Å². The second-order valence-corrected chi connectivity index (χ2v) is 4.76. The van der Waals surface area contributed by atoms with Crippen LogP contribution in [-0.4, -0.2) is 41.1 Å². The highest BCUT2D eigenvalue weighted by molar-refractivity contribution is 5.28. The van der Waals surface area contributed by atoms with Crippen LogP contribution in [0.3, 0.4) is 0 Å². The van der Waals surface area contributed by atoms with Gasteiger partial charge < -0.3 is 9.64 Å². The summed E-state index contributed by atoms with van der Waals surface area (Å²) in [5.41, 5.74) is 3.28. The van der Waals surface area contributed by atoms with Crippen LogP contribution in [0.1, 0.15) is 25.0 Å². The highest BCUT2D eigenvalue weighted by Crippen LogP contribution is 2.17. The van der Waals surface area contributed by atoms with Crippen LogP contribution in [0, 0.1) is 6.92 Å². The number of nitrogens with one attached hydrogen (secondary N) is 1. The van der Waals surface area contributed by atoms with Crippen molar-refractivity contribution < 1.29 is 4.74 Å². The summed E-state index contributed by atoms with van der Waals surface area (Å²) in [5, 5.41) is 0. The number of hydrogen-bond donors (Lipinski definition) is 2. The zero-order valence-corrected chi connectivity index (χ0v) is 11.0. The number of nitrogens with zero attached hydrogens (tertiary/aromatic N) is 3. The molecule has 1 fully saturated rings. The lowest BCUT2D eigenvalue weighted by atomic mass is 10.0. The van der Waals surface area contributed by atoms with E-state index in [-0.39, 0.29) is 0 Å². The number of rotatable bonds is 4. The Bertz CT molecular complexity index is 398. The number of ether oxygens (including phenoxy) is 1. The first-order valence-corrected chi connectivity index (χ1v) is 6.34. The molecule has 0 spiro atoms. The number of anilines is 1. The number of nitrogens with two attached hydrogens (primary N) is 1. The minimum atomic E-state index is 0.391. The predicted molar refractivity (Wildman–Crippen MR) is 70.3 cm³/mol.